The number of nitrogens with one attached hydrogen (secondary N) is 2. The molecular formula is C21H29N5O2. The van der Waals surface area contributed by atoms with Crippen molar-refractivity contribution in [3.8, 4) is 0 Å². The zero-order valence-electron chi connectivity index (χ0n) is 16.3. The molecule has 7 heteroatoms. The number of benzene rings is 1. The summed E-state index contributed by atoms with van der Waals surface area (Å²) in [6, 6.07) is 10.3. The molecule has 7 nitrogen and oxygen atoms in total. The molecule has 0 bridgehead atoms. The molecule has 2 N–H and O–H groups in total. The molecule has 2 amide bonds. The van der Waals surface area contributed by atoms with Gasteiger partial charge in [0.15, 0.2) is 5.82 Å². The van der Waals surface area contributed by atoms with Crippen LogP contribution in [0.15, 0.2) is 30.3 Å². The van der Waals surface area contributed by atoms with E-state index in [1.54, 1.807) is 0 Å². The first-order chi connectivity index (χ1) is 13.8. The first-order valence-corrected chi connectivity index (χ1v) is 10.3. The predicted octanol–water partition coefficient (Wildman–Crippen LogP) is 2.55. The molecule has 1 saturated heterocycles. The van der Waals surface area contributed by atoms with E-state index in [4.69, 9.17) is 4.74 Å². The smallest absolute Gasteiger partial charge is 0.315 e. The van der Waals surface area contributed by atoms with Gasteiger partial charge in [-0.15, -0.1) is 10.2 Å². The van der Waals surface area contributed by atoms with Crippen molar-refractivity contribution in [2.75, 3.05) is 19.8 Å². The van der Waals surface area contributed by atoms with Crippen LogP contribution in [0.25, 0.3) is 0 Å². The van der Waals surface area contributed by atoms with Crippen molar-refractivity contribution in [1.82, 2.24) is 25.4 Å². The molecule has 0 spiro atoms. The van der Waals surface area contributed by atoms with Crippen LogP contribution in [0.1, 0.15) is 49.3 Å². The fourth-order valence-electron chi connectivity index (χ4n) is 4.27. The maximum atomic E-state index is 12.5. The first kappa shape index (κ1) is 18.9. The summed E-state index contributed by atoms with van der Waals surface area (Å²) in [7, 11) is 0. The first-order valence-electron chi connectivity index (χ1n) is 10.3. The molecule has 28 heavy (non-hydrogen) atoms. The summed E-state index contributed by atoms with van der Waals surface area (Å²) in [6.07, 6.45) is 6.33. The van der Waals surface area contributed by atoms with Crippen LogP contribution in [0.5, 0.6) is 0 Å². The van der Waals surface area contributed by atoms with Gasteiger partial charge in [0, 0.05) is 38.1 Å². The minimum atomic E-state index is -0.159. The number of ether oxygens (including phenoxy) is 1. The van der Waals surface area contributed by atoms with Gasteiger partial charge in [0.25, 0.3) is 0 Å². The van der Waals surface area contributed by atoms with Gasteiger partial charge in [-0.1, -0.05) is 36.8 Å². The Morgan fingerprint density at radius 3 is 2.71 bits per heavy atom. The predicted molar refractivity (Wildman–Crippen MR) is 106 cm³/mol. The lowest BCUT2D eigenvalue weighted by molar-refractivity contribution is 0.0507. The van der Waals surface area contributed by atoms with E-state index in [0.717, 1.165) is 63.5 Å². The molecule has 3 heterocycles. The Morgan fingerprint density at radius 1 is 1.07 bits per heavy atom. The number of amides is 2. The molecule has 2 aliphatic rings. The summed E-state index contributed by atoms with van der Waals surface area (Å²) in [5.74, 6) is 1.89. The third-order valence-electron chi connectivity index (χ3n) is 6.02. The van der Waals surface area contributed by atoms with Gasteiger partial charge in [-0.05, 0) is 31.2 Å². The number of nitrogens with zero attached hydrogens (tertiary/aromatic N) is 3. The summed E-state index contributed by atoms with van der Waals surface area (Å²) in [6.45, 7) is 3.40. The van der Waals surface area contributed by atoms with E-state index in [1.807, 2.05) is 6.07 Å². The highest BCUT2D eigenvalue weighted by atomic mass is 16.5. The summed E-state index contributed by atoms with van der Waals surface area (Å²) < 4.78 is 7.73. The maximum Gasteiger partial charge on any atom is 0.315 e. The highest BCUT2D eigenvalue weighted by Crippen LogP contribution is 2.34. The molecule has 4 rings (SSSR count). The van der Waals surface area contributed by atoms with E-state index in [9.17, 15) is 4.79 Å². The highest BCUT2D eigenvalue weighted by Gasteiger charge is 2.34. The van der Waals surface area contributed by atoms with Crippen LogP contribution in [0.4, 0.5) is 4.79 Å². The lowest BCUT2D eigenvalue weighted by Crippen LogP contribution is -2.47. The van der Waals surface area contributed by atoms with Gasteiger partial charge in [0.2, 0.25) is 0 Å². The van der Waals surface area contributed by atoms with Crippen LogP contribution in [-0.2, 0) is 29.7 Å². The van der Waals surface area contributed by atoms with Crippen LogP contribution in [-0.4, -0.2) is 40.6 Å². The average Bonchev–Trinajstić information content (AvgIpc) is 2.98. The quantitative estimate of drug-likeness (QED) is 0.831. The molecule has 0 atom stereocenters. The van der Waals surface area contributed by atoms with Crippen molar-refractivity contribution >= 4 is 6.03 Å². The second kappa shape index (κ2) is 8.73. The monoisotopic (exact) mass is 383 g/mol. The van der Waals surface area contributed by atoms with E-state index in [-0.39, 0.29) is 11.4 Å². The van der Waals surface area contributed by atoms with Crippen molar-refractivity contribution in [3.05, 3.63) is 47.5 Å². The molecular weight excluding hydrogens is 354 g/mol. The Balaban J connectivity index is 1.35. The van der Waals surface area contributed by atoms with Gasteiger partial charge < -0.3 is 19.9 Å². The van der Waals surface area contributed by atoms with Crippen LogP contribution in [0.3, 0.4) is 0 Å². The third kappa shape index (κ3) is 4.19. The standard InChI is InChI=1S/C21H29N5O2/c27-20(22-15-19-25-24-18-9-5-2-6-12-26(18)19)23-16-21(10-13-28-14-11-21)17-7-3-1-4-8-17/h1,3-4,7-8H,2,5-6,9-16H2,(H2,22,23,27). The van der Waals surface area contributed by atoms with Gasteiger partial charge in [-0.2, -0.15) is 0 Å². The average molecular weight is 383 g/mol. The van der Waals surface area contributed by atoms with Crippen molar-refractivity contribution in [3.63, 3.8) is 0 Å². The second-order valence-electron chi connectivity index (χ2n) is 7.79. The minimum absolute atomic E-state index is 0.0667. The number of fused-ring (bicyclic) bond motifs is 1. The molecule has 2 aliphatic heterocycles. The van der Waals surface area contributed by atoms with E-state index in [2.05, 4.69) is 49.7 Å². The Morgan fingerprint density at radius 2 is 1.89 bits per heavy atom. The minimum Gasteiger partial charge on any atom is -0.381 e. The lowest BCUT2D eigenvalue weighted by Gasteiger charge is -2.38. The number of rotatable bonds is 5. The fraction of sp³-hybridized carbons (Fsp3) is 0.571. The highest BCUT2D eigenvalue weighted by molar-refractivity contribution is 5.73. The number of aryl methyl sites for hydroxylation is 1. The largest absolute Gasteiger partial charge is 0.381 e. The summed E-state index contributed by atoms with van der Waals surface area (Å²) in [5.41, 5.74) is 1.20. The van der Waals surface area contributed by atoms with Crippen LogP contribution in [0.2, 0.25) is 0 Å². The Bertz CT molecular complexity index is 783. The molecule has 2 aromatic rings. The SMILES string of the molecule is O=C(NCc1nnc2n1CCCCC2)NCC1(c2ccccc2)CCOCC1. The molecule has 0 saturated carbocycles. The van der Waals surface area contributed by atoms with Crippen LogP contribution < -0.4 is 10.6 Å². The lowest BCUT2D eigenvalue weighted by atomic mass is 9.74. The normalized spacial score (nSPS) is 18.7. The molecule has 0 aliphatic carbocycles. The van der Waals surface area contributed by atoms with Gasteiger partial charge in [0.1, 0.15) is 5.82 Å². The van der Waals surface area contributed by atoms with Crippen molar-refractivity contribution in [2.24, 2.45) is 0 Å². The van der Waals surface area contributed by atoms with Gasteiger partial charge >= 0.3 is 6.03 Å². The molecule has 0 unspecified atom stereocenters. The van der Waals surface area contributed by atoms with E-state index in [0.29, 0.717) is 13.1 Å². The number of urea groups is 1. The Kier molecular flexibility index (Phi) is 5.90. The zero-order chi connectivity index (χ0) is 19.2. The molecule has 1 aromatic carbocycles. The molecule has 1 fully saturated rings. The Hall–Kier alpha value is -2.41. The molecule has 150 valence electrons. The molecule has 1 aromatic heterocycles. The third-order valence-corrected chi connectivity index (χ3v) is 6.02. The molecule has 0 radical (unpaired) electrons. The van der Waals surface area contributed by atoms with E-state index >= 15 is 0 Å². The number of aromatic nitrogens is 3. The second-order valence-corrected chi connectivity index (χ2v) is 7.79. The Labute approximate surface area is 165 Å². The summed E-state index contributed by atoms with van der Waals surface area (Å²) in [4.78, 5) is 12.5. The zero-order valence-corrected chi connectivity index (χ0v) is 16.3. The van der Waals surface area contributed by atoms with Crippen LogP contribution >= 0.6 is 0 Å². The summed E-state index contributed by atoms with van der Waals surface area (Å²) in [5, 5.41) is 14.6. The topological polar surface area (TPSA) is 81.1 Å². The van der Waals surface area contributed by atoms with Crippen LogP contribution in [0, 0.1) is 0 Å². The fourth-order valence-corrected chi connectivity index (χ4v) is 4.27. The van der Waals surface area contributed by atoms with Gasteiger partial charge in [-0.25, -0.2) is 4.79 Å². The van der Waals surface area contributed by atoms with Gasteiger partial charge in [-0.3, -0.25) is 0 Å². The summed E-state index contributed by atoms with van der Waals surface area (Å²) >= 11 is 0. The maximum absolute atomic E-state index is 12.5. The van der Waals surface area contributed by atoms with Gasteiger partial charge in [0.05, 0.1) is 6.54 Å². The number of hydrogen-bond donors (Lipinski definition) is 2. The van der Waals surface area contributed by atoms with Crippen molar-refractivity contribution < 1.29 is 9.53 Å². The number of hydrogen-bond acceptors (Lipinski definition) is 4. The van der Waals surface area contributed by atoms with Crippen molar-refractivity contribution in [2.45, 2.75) is 57.0 Å². The van der Waals surface area contributed by atoms with E-state index < -0.39 is 0 Å². The number of carbonyl (C=O) groups excluding carboxylic acids is 1. The number of carbonyl (C=O) groups is 1. The van der Waals surface area contributed by atoms with E-state index in [1.165, 1.54) is 12.0 Å². The van der Waals surface area contributed by atoms with Crippen molar-refractivity contribution in [1.29, 1.82) is 0 Å².